The molecule has 0 saturated heterocycles. The molecule has 0 spiro atoms. The number of Topliss-reactive ketones (excluding diaryl/α,β-unsaturated/α-hetero) is 2. The topological polar surface area (TPSA) is 39.1 Å². The van der Waals surface area contributed by atoms with E-state index in [1.807, 2.05) is 18.2 Å². The molecule has 7 aromatic rings. The Morgan fingerprint density at radius 3 is 1.84 bits per heavy atom. The van der Waals surface area contributed by atoms with Crippen molar-refractivity contribution in [1.82, 2.24) is 4.57 Å². The maximum atomic E-state index is 13.4. The molecule has 0 bridgehead atoms. The van der Waals surface area contributed by atoms with Crippen molar-refractivity contribution >= 4 is 50.8 Å². The van der Waals surface area contributed by atoms with Gasteiger partial charge in [0.1, 0.15) is 5.00 Å². The average molecular weight is 570 g/mol. The monoisotopic (exact) mass is 569 g/mol. The number of carbonyl (C=O) groups is 2. The largest absolute Gasteiger partial charge is 0.300 e. The summed E-state index contributed by atoms with van der Waals surface area (Å²) in [5.41, 5.74) is 7.59. The zero-order valence-corrected chi connectivity index (χ0v) is 23.8. The second-order valence-electron chi connectivity index (χ2n) is 11.2. The van der Waals surface area contributed by atoms with Gasteiger partial charge in [-0.25, -0.2) is 0 Å². The van der Waals surface area contributed by atoms with Gasteiger partial charge in [-0.3, -0.25) is 9.59 Å². The van der Waals surface area contributed by atoms with Gasteiger partial charge in [0, 0.05) is 32.3 Å². The molecule has 5 aromatic carbocycles. The lowest BCUT2D eigenvalue weighted by Crippen LogP contribution is -2.34. The van der Waals surface area contributed by atoms with Gasteiger partial charge in [0.25, 0.3) is 0 Å². The van der Waals surface area contributed by atoms with E-state index in [4.69, 9.17) is 0 Å². The second kappa shape index (κ2) is 8.84. The van der Waals surface area contributed by atoms with Gasteiger partial charge in [-0.2, -0.15) is 0 Å². The maximum absolute atomic E-state index is 13.4. The van der Waals surface area contributed by atoms with Crippen molar-refractivity contribution < 1.29 is 9.59 Å². The van der Waals surface area contributed by atoms with E-state index in [0.29, 0.717) is 11.1 Å². The summed E-state index contributed by atoms with van der Waals surface area (Å²) in [6.07, 6.45) is 1.81. The fourth-order valence-electron chi connectivity index (χ4n) is 7.29. The van der Waals surface area contributed by atoms with Crippen molar-refractivity contribution in [3.8, 4) is 5.00 Å². The molecular weight excluding hydrogens is 547 g/mol. The summed E-state index contributed by atoms with van der Waals surface area (Å²) in [5, 5.41) is 3.51. The van der Waals surface area contributed by atoms with Crippen LogP contribution in [0.4, 0.5) is 0 Å². The minimum Gasteiger partial charge on any atom is -0.300 e. The summed E-state index contributed by atoms with van der Waals surface area (Å²) in [5.74, 6) is -0.414. The highest BCUT2D eigenvalue weighted by Gasteiger charge is 2.46. The van der Waals surface area contributed by atoms with E-state index in [1.54, 1.807) is 23.5 Å². The first-order valence-corrected chi connectivity index (χ1v) is 15.2. The number of benzene rings is 5. The Bertz CT molecular complexity index is 2250. The number of thiophene rings is 1. The minimum atomic E-state index is -0.609. The van der Waals surface area contributed by atoms with Crippen molar-refractivity contribution in [1.29, 1.82) is 0 Å². The molecule has 0 fully saturated rings. The highest BCUT2D eigenvalue weighted by Crippen LogP contribution is 2.56. The molecule has 0 amide bonds. The number of hydrogen-bond acceptors (Lipinski definition) is 3. The van der Waals surface area contributed by atoms with Gasteiger partial charge in [-0.1, -0.05) is 121 Å². The first-order valence-electron chi connectivity index (χ1n) is 14.4. The van der Waals surface area contributed by atoms with Gasteiger partial charge in [0.05, 0.1) is 22.0 Å². The van der Waals surface area contributed by atoms with E-state index in [0.717, 1.165) is 21.0 Å². The zero-order valence-electron chi connectivity index (χ0n) is 23.0. The molecule has 0 saturated carbocycles. The van der Waals surface area contributed by atoms with Gasteiger partial charge >= 0.3 is 0 Å². The summed E-state index contributed by atoms with van der Waals surface area (Å²) in [6, 6.07) is 45.9. The maximum Gasteiger partial charge on any atom is 0.197 e. The van der Waals surface area contributed by atoms with Crippen LogP contribution in [0.1, 0.15) is 47.8 Å². The first-order chi connectivity index (χ1) is 21.2. The van der Waals surface area contributed by atoms with Crippen LogP contribution in [0.2, 0.25) is 0 Å². The Kier molecular flexibility index (Phi) is 4.99. The highest BCUT2D eigenvalue weighted by atomic mass is 32.1. The number of allylic oxidation sites excluding steroid dienone is 1. The van der Waals surface area contributed by atoms with Gasteiger partial charge in [-0.15, -0.1) is 11.3 Å². The molecule has 4 heteroatoms. The molecule has 0 atom stereocenters. The van der Waals surface area contributed by atoms with Crippen LogP contribution < -0.4 is 0 Å². The van der Waals surface area contributed by atoms with Crippen molar-refractivity contribution in [2.45, 2.75) is 5.41 Å². The standard InChI is InChI=1S/C39H23NO2S/c41-36-29-17-7-8-18-30(29)37(42)31(36)22-26-23-33-38(43-26)40-34-21-10-9-16-27(34)28-19-11-20-32(35(28)40)39(33,24-12-3-1-4-13-24)25-14-5-2-6-15-25/h1-23H. The second-order valence-corrected chi connectivity index (χ2v) is 12.2. The molecule has 0 N–H and O–H groups in total. The lowest BCUT2D eigenvalue weighted by molar-refractivity contribution is 0.0990. The molecule has 2 aliphatic rings. The Labute approximate surface area is 252 Å². The zero-order chi connectivity index (χ0) is 28.7. The van der Waals surface area contributed by atoms with Gasteiger partial charge < -0.3 is 4.57 Å². The minimum absolute atomic E-state index is 0.207. The predicted molar refractivity (Wildman–Crippen MR) is 174 cm³/mol. The van der Waals surface area contributed by atoms with E-state index in [-0.39, 0.29) is 17.1 Å². The smallest absolute Gasteiger partial charge is 0.197 e. The normalized spacial score (nSPS) is 14.7. The molecule has 3 nitrogen and oxygen atoms in total. The molecule has 0 unspecified atom stereocenters. The van der Waals surface area contributed by atoms with Crippen LogP contribution in [-0.2, 0) is 5.41 Å². The first kappa shape index (κ1) is 24.3. The Morgan fingerprint density at radius 1 is 0.581 bits per heavy atom. The number of fused-ring (bicyclic) bond motifs is 6. The number of para-hydroxylation sites is 2. The van der Waals surface area contributed by atoms with Crippen LogP contribution in [0.3, 0.4) is 0 Å². The average Bonchev–Trinajstić information content (AvgIpc) is 3.71. The molecular formula is C39H23NO2S. The van der Waals surface area contributed by atoms with Crippen molar-refractivity contribution in [3.63, 3.8) is 0 Å². The summed E-state index contributed by atoms with van der Waals surface area (Å²) in [7, 11) is 0. The van der Waals surface area contributed by atoms with Gasteiger partial charge in [0.2, 0.25) is 0 Å². The Balaban J connectivity index is 1.42. The molecule has 1 aliphatic heterocycles. The third-order valence-corrected chi connectivity index (χ3v) is 10.1. The molecule has 9 rings (SSSR count). The van der Waals surface area contributed by atoms with Crippen LogP contribution in [0.25, 0.3) is 32.9 Å². The number of ketones is 2. The number of rotatable bonds is 3. The van der Waals surface area contributed by atoms with Crippen LogP contribution in [0.5, 0.6) is 0 Å². The summed E-state index contributed by atoms with van der Waals surface area (Å²) in [4.78, 5) is 27.7. The van der Waals surface area contributed by atoms with E-state index >= 15 is 0 Å². The van der Waals surface area contributed by atoms with Gasteiger partial charge in [0.15, 0.2) is 11.6 Å². The van der Waals surface area contributed by atoms with E-state index < -0.39 is 5.41 Å². The molecule has 3 heterocycles. The molecule has 1 aliphatic carbocycles. The quantitative estimate of drug-likeness (QED) is 0.157. The summed E-state index contributed by atoms with van der Waals surface area (Å²) >= 11 is 1.63. The van der Waals surface area contributed by atoms with Gasteiger partial charge in [-0.05, 0) is 34.9 Å². The van der Waals surface area contributed by atoms with Crippen LogP contribution in [0, 0.1) is 0 Å². The molecule has 202 valence electrons. The van der Waals surface area contributed by atoms with E-state index in [2.05, 4.69) is 114 Å². The lowest BCUT2D eigenvalue weighted by Gasteiger charge is -2.40. The molecule has 43 heavy (non-hydrogen) atoms. The number of carbonyl (C=O) groups excluding carboxylic acids is 2. The number of nitrogens with zero attached hydrogens (tertiary/aromatic N) is 1. The van der Waals surface area contributed by atoms with E-state index in [1.165, 1.54) is 33.0 Å². The third-order valence-electron chi connectivity index (χ3n) is 9.04. The summed E-state index contributed by atoms with van der Waals surface area (Å²) in [6.45, 7) is 0. The summed E-state index contributed by atoms with van der Waals surface area (Å²) < 4.78 is 2.39. The molecule has 2 aromatic heterocycles. The van der Waals surface area contributed by atoms with Crippen molar-refractivity contribution in [2.75, 3.05) is 0 Å². The molecule has 0 radical (unpaired) electrons. The Morgan fingerprint density at radius 2 is 1.16 bits per heavy atom. The fraction of sp³-hybridized carbons (Fsp3) is 0.0256. The number of aromatic nitrogens is 1. The van der Waals surface area contributed by atoms with E-state index in [9.17, 15) is 9.59 Å². The van der Waals surface area contributed by atoms with Crippen molar-refractivity contribution in [2.24, 2.45) is 0 Å². The lowest BCUT2D eigenvalue weighted by atomic mass is 9.64. The number of hydrogen-bond donors (Lipinski definition) is 0. The SMILES string of the molecule is O=C1C(=Cc2cc3c(s2)-n2c4ccccc4c4cccc(c42)C3(c2ccccc2)c2ccccc2)C(=O)c2ccccc21. The van der Waals surface area contributed by atoms with Crippen LogP contribution in [-0.4, -0.2) is 16.1 Å². The fourth-order valence-corrected chi connectivity index (χ4v) is 8.47. The predicted octanol–water partition coefficient (Wildman–Crippen LogP) is 9.00. The van der Waals surface area contributed by atoms with Crippen molar-refractivity contribution in [3.05, 3.63) is 177 Å². The van der Waals surface area contributed by atoms with Crippen LogP contribution in [0.15, 0.2) is 139 Å². The van der Waals surface area contributed by atoms with Crippen LogP contribution >= 0.6 is 11.3 Å². The highest BCUT2D eigenvalue weighted by molar-refractivity contribution is 7.15. The third kappa shape index (κ3) is 3.13. The Hall–Kier alpha value is -5.32.